The average molecular weight is 2020 g/mol. The lowest BCUT2D eigenvalue weighted by Crippen LogP contribution is -2.59. The Hall–Kier alpha value is -16.5. The summed E-state index contributed by atoms with van der Waals surface area (Å²) in [6, 6.07) is -49.4. The summed E-state index contributed by atoms with van der Waals surface area (Å²) in [6.07, 6.45) is -2.17. The summed E-state index contributed by atoms with van der Waals surface area (Å²) in [5, 5.41) is -10.9. The highest BCUT2D eigenvalue weighted by Crippen LogP contribution is 2.44. The Morgan fingerprint density at radius 3 is 1.18 bits per heavy atom. The molecule has 24 aromatic rings. The molecular weight excluding hydrogens is 1830 g/mol. The first-order valence-electron chi connectivity index (χ1n) is 87.0. The number of aromatic nitrogens is 4. The van der Waals surface area contributed by atoms with Crippen LogP contribution in [-0.2, 0) is 0 Å². The molecule has 16 heteroatoms. The smallest absolute Gasteiger partial charge is 0.251 e. The summed E-state index contributed by atoms with van der Waals surface area (Å²) in [5.74, 6) is -23.0. The van der Waals surface area contributed by atoms with Crippen molar-refractivity contribution in [3.63, 3.8) is 0 Å². The van der Waals surface area contributed by atoms with E-state index in [1.165, 1.54) is 0 Å². The third-order valence-electron chi connectivity index (χ3n) is 25.7. The van der Waals surface area contributed by atoms with Gasteiger partial charge in [-0.2, -0.15) is 0 Å². The molecule has 4 unspecified atom stereocenters. The van der Waals surface area contributed by atoms with E-state index in [-0.39, 0.29) is 0 Å². The van der Waals surface area contributed by atoms with Crippen molar-refractivity contribution in [3.05, 3.63) is 457 Å². The van der Waals surface area contributed by atoms with Crippen molar-refractivity contribution in [3.8, 4) is 33.8 Å². The Kier molecular flexibility index (Phi) is 9.33. The Morgan fingerprint density at radius 2 is 0.682 bits per heavy atom. The summed E-state index contributed by atoms with van der Waals surface area (Å²) in [5.41, 5.74) is -37.0. The van der Waals surface area contributed by atoms with Crippen LogP contribution in [0.2, 0.25) is 0 Å². The molecule has 27 rings (SSSR count). The first-order chi connectivity index (χ1) is 107. The van der Waals surface area contributed by atoms with Crippen LogP contribution in [0.25, 0.3) is 137 Å². The highest BCUT2D eigenvalue weighted by molar-refractivity contribution is 8.00. The van der Waals surface area contributed by atoms with E-state index in [0.29, 0.717) is 77.4 Å². The number of rotatable bonds is 12. The van der Waals surface area contributed by atoms with Crippen LogP contribution in [-0.4, -0.2) is 38.3 Å². The maximum atomic E-state index is 15.7. The van der Waals surface area contributed by atoms with Crippen molar-refractivity contribution in [1.29, 1.82) is 0 Å². The van der Waals surface area contributed by atoms with E-state index in [1.54, 1.807) is 0 Å². The van der Waals surface area contributed by atoms with Gasteiger partial charge in [-0.25, -0.2) is 0 Å². The van der Waals surface area contributed by atoms with E-state index >= 15 is 14.4 Å². The molecule has 0 amide bonds. The van der Waals surface area contributed by atoms with Crippen molar-refractivity contribution in [2.24, 2.45) is 0 Å². The quantitative estimate of drug-likeness (QED) is 0.0659. The van der Waals surface area contributed by atoms with Gasteiger partial charge in [-0.05, 0) is 234 Å². The highest BCUT2D eigenvalue weighted by Gasteiger charge is 2.43. The predicted molar refractivity (Wildman–Crippen MR) is 624 cm³/mol. The van der Waals surface area contributed by atoms with Crippen LogP contribution in [0, 0.1) is 6.85 Å². The number of nitrogens with zero attached hydrogens (tertiary/aromatic N) is 5. The second kappa shape index (κ2) is 36.0. The molecule has 12 nitrogen and oxygen atoms in total. The lowest BCUT2D eigenvalue weighted by Gasteiger charge is -2.39. The molecule has 7 aromatic heterocycles. The molecule has 17 aromatic carbocycles. The van der Waals surface area contributed by atoms with Gasteiger partial charge in [-0.1, -0.05) is 351 Å². The van der Waals surface area contributed by atoms with E-state index in [9.17, 15) is 45.9 Å². The zero-order valence-electron chi connectivity index (χ0n) is 162. The molecule has 0 bridgehead atoms. The Balaban J connectivity index is 0.000000164. The number of aryl methyl sites for hydroxylation is 1. The second-order valence-electron chi connectivity index (χ2n) is 34.0. The zero-order chi connectivity index (χ0) is 176. The summed E-state index contributed by atoms with van der Waals surface area (Å²) in [4.78, 5) is 93.2. The Morgan fingerprint density at radius 1 is 0.304 bits per heavy atom. The van der Waals surface area contributed by atoms with Gasteiger partial charge in [-0.3, -0.25) is 33.8 Å². The number of anilines is 3. The first kappa shape index (κ1) is 38.4. The van der Waals surface area contributed by atoms with E-state index in [4.69, 9.17) is 91.1 Å². The second-order valence-corrected chi connectivity index (χ2v) is 35.0. The van der Waals surface area contributed by atoms with Crippen LogP contribution in [0.5, 0.6) is 11.5 Å². The van der Waals surface area contributed by atoms with Crippen LogP contribution in [0.4, 0.5) is 17.1 Å². The number of fused-ring (bicyclic) bond motifs is 18. The molecular formula is C132H104B3N5O7S. The van der Waals surface area contributed by atoms with Crippen LogP contribution < -0.4 is 91.4 Å². The molecule has 10 heterocycles. The molecule has 0 saturated heterocycles. The van der Waals surface area contributed by atoms with Crippen molar-refractivity contribution in [2.75, 3.05) is 4.90 Å². The minimum absolute atomic E-state index is 0.421. The molecule has 0 saturated carbocycles. The lowest BCUT2D eigenvalue weighted by atomic mass is 9.33. The molecule has 0 aliphatic carbocycles. The molecule has 0 N–H and O–H groups in total. The fraction of sp³-hybridized carbons (Fsp3) is 0.144. The molecule has 0 radical (unpaired) electrons. The van der Waals surface area contributed by atoms with Gasteiger partial charge in [0.25, 0.3) is 6.71 Å². The number of pyridine rings is 7. The number of hydrogen-bond donors (Lipinski definition) is 0. The molecule has 148 heavy (non-hydrogen) atoms. The maximum Gasteiger partial charge on any atom is 0.251 e. The topological polar surface area (TPSA) is 141 Å². The fourth-order valence-electron chi connectivity index (χ4n) is 19.6. The highest BCUT2D eigenvalue weighted by atomic mass is 32.2. The van der Waals surface area contributed by atoms with Gasteiger partial charge < -0.3 is 22.8 Å². The largest absolute Gasteiger partial charge is 0.458 e. The Bertz CT molecular complexity index is 14900. The minimum atomic E-state index is -3.98. The van der Waals surface area contributed by atoms with Crippen molar-refractivity contribution in [1.82, 2.24) is 18.2 Å². The van der Waals surface area contributed by atoms with Gasteiger partial charge in [0, 0.05) is 144 Å². The molecule has 3 aliphatic heterocycles. The minimum Gasteiger partial charge on any atom is -0.458 e. The predicted octanol–water partition coefficient (Wildman–Crippen LogP) is 24.4. The fourth-order valence-corrected chi connectivity index (χ4v) is 20.6. The summed E-state index contributed by atoms with van der Waals surface area (Å²) in [7, 11) is 0. The monoisotopic (exact) mass is 2020 g/mol. The van der Waals surface area contributed by atoms with E-state index in [0.717, 1.165) is 16.5 Å². The number of benzene rings is 17. The van der Waals surface area contributed by atoms with Gasteiger partial charge >= 0.3 is 0 Å². The molecule has 3 aliphatic rings. The van der Waals surface area contributed by atoms with Crippen molar-refractivity contribution in [2.45, 2.75) is 135 Å². The molecule has 0 fully saturated rings. The normalized spacial score (nSPS) is 23.6. The van der Waals surface area contributed by atoms with Crippen molar-refractivity contribution >= 4 is 212 Å². The van der Waals surface area contributed by atoms with Crippen LogP contribution >= 0.6 is 11.8 Å². The summed E-state index contributed by atoms with van der Waals surface area (Å²) >= 11 is 0.430. The van der Waals surface area contributed by atoms with E-state index < -0.39 is 733 Å². The van der Waals surface area contributed by atoms with Crippen LogP contribution in [0.3, 0.4) is 0 Å². The van der Waals surface area contributed by atoms with Gasteiger partial charge in [0.05, 0.1) is 133 Å². The van der Waals surface area contributed by atoms with Gasteiger partial charge in [0.2, 0.25) is 13.4 Å². The van der Waals surface area contributed by atoms with Crippen LogP contribution in [0.15, 0.2) is 395 Å². The SMILES string of the molecule is [2H]c1c([2H])c([2H])c(-c2cc(C([2H])([2H])[2H])cc(-c3c([2H])c([2H])c([2H])c([2H])c3[2H])c2B2c3c([2H])c([2H])c([2H])c([2H])c3Sc3c2c([2H])c2c(=O)c4c([2H])c([2H])c([2H])c5c(=O)c6c([2H])c([2H])c([2H])c([2H])c6n(c2c3[2H])c54)c([2H])c1[2H].[2H]c1c([2H])c([2H])c(N2c3c([2H])c([2H])c([2H])c([2H])c3B(c3c(C([2H])(C)C([2H])([2H])[2H])cc(C([2H])(C([2H])([2H])[2H])C([2H])([2H])[2H])cc3C([2H])(C)C([2H])([2H])[2H])c3c2c([2H])c2c(c3[2H])c(=O)c3c([2H])nc([2H])c4c(=O)c5c([2H])c([2H])c([2H])c([2H])c5n2c43)c([2H])c1[2H].[2H]c1c([2H])c([2H])c2c(c1[2H])Oc1c(c([2H])c3c(=O)c4c([2H])c([2H])c([2H])c5c(=O)c6c([2H])c([2H])c([2H])c([2H])c6n(c3c1[2H])c54)B2c1c(C([2H])(C)C([2H])([2H])[2H])cc(C([2H])(C([2H])([2H])[2H])C([2H])([2H])[2H])cc1C([2H])(C)C([2H])([2H])[2H]. The lowest BCUT2D eigenvalue weighted by molar-refractivity contribution is 0.488. The maximum absolute atomic E-state index is 15.7. The van der Waals surface area contributed by atoms with Gasteiger partial charge in [-0.15, -0.1) is 0 Å². The standard InChI is InChI=1S/C46H40BN3O2.C45H28BNO2S.C41H36BNO3/c1-26(2)29-20-32(27(3)4)43(33(21-29)28(5)6)47-37-17-11-13-19-40(37)49(30-14-8-7-9-15-30)42-23-41-34(22-38(42)47)46(52)36-25-48-24-35-44(36)50(41)39-18-12-10-16-31(39)45(35)51;1-27-23-33(28-13-4-2-5-14-28)42(34(24-27)29-15-6-3-7-16-29)46-36-20-9-11-22-40(36)50-41-26-39-35(25-37(41)46)45(49)32-19-12-18-31-43(32)47(39)38-21-10-8-17-30(38)44(31)48;1-22(2)25-18-29(23(3)4)38(30(19-25)24(5)6)42-32-15-8-10-17-36(32)46-37-21-35-31(20-33(37)42)41(45)28-14-11-13-27-39(28)43(35)34-16-9-7-12-26(34)40(27)44/h7-28H,1-6H3;2-26H,1H3;7-24H,1-6H3/i1D3,2D3,3D3,5D3,7D,8D,9D,10D,11D,12D,13D,14D,15D,16D,17D,18D,19D,22D,23D,24D,25D,26D,27D,28D;1D3,2D,3D,4D,5D,6D,7D,8D,9D,10D,11D,12D,13D,14D,15D,16D,17D,18D,19D,20D,21D,22D,25D,26D;1D3,2D3,3D3,5D3,7D,8D,9D,10D,11D,12D,13D,14D,15D,16D,17D,20D,21D,22D,23D,24D. The number of ether oxygens (including phenoxy) is 1. The summed E-state index contributed by atoms with van der Waals surface area (Å²) < 4.78 is 777. The van der Waals surface area contributed by atoms with E-state index in [2.05, 4.69) is 4.98 Å². The van der Waals surface area contributed by atoms with Crippen LogP contribution in [0.1, 0.15) is 275 Å². The summed E-state index contributed by atoms with van der Waals surface area (Å²) in [6.45, 7) is -38.4. The third kappa shape index (κ3) is 14.5. The van der Waals surface area contributed by atoms with E-state index in [1.807, 2.05) is 0 Å². The van der Waals surface area contributed by atoms with Gasteiger partial charge in [0.15, 0.2) is 32.6 Å². The van der Waals surface area contributed by atoms with Crippen molar-refractivity contribution < 1.29 is 123 Å². The molecule has 714 valence electrons. The zero-order valence-corrected chi connectivity index (χ0v) is 76.5. The number of para-hydroxylation sites is 8. The Labute approximate surface area is 982 Å². The third-order valence-corrected chi connectivity index (χ3v) is 26.7. The average Bonchev–Trinajstić information content (AvgIpc) is 0.666. The number of hydrogen-bond acceptors (Lipinski definition) is 10. The van der Waals surface area contributed by atoms with Gasteiger partial charge in [0.1, 0.15) is 11.5 Å². The molecule has 0 spiro atoms. The first-order valence-corrected chi connectivity index (χ1v) is 44.8. The molecule has 4 atom stereocenters.